The molecule has 0 aliphatic carbocycles. The first kappa shape index (κ1) is 24.8. The van der Waals surface area contributed by atoms with Gasteiger partial charge in [-0.15, -0.1) is 11.3 Å². The molecule has 2 aromatic heterocycles. The molecule has 35 heavy (non-hydrogen) atoms. The lowest BCUT2D eigenvalue weighted by atomic mass is 10.1. The number of halogens is 3. The second kappa shape index (κ2) is 9.73. The topological polar surface area (TPSA) is 64.3 Å². The minimum absolute atomic E-state index is 0.0395. The smallest absolute Gasteiger partial charge is 0.416 e. The van der Waals surface area contributed by atoms with Gasteiger partial charge in [0.2, 0.25) is 0 Å². The molecule has 0 amide bonds. The number of aromatic nitrogens is 2. The summed E-state index contributed by atoms with van der Waals surface area (Å²) >= 11 is 1.47. The lowest BCUT2D eigenvalue weighted by molar-refractivity contribution is -0.138. The summed E-state index contributed by atoms with van der Waals surface area (Å²) in [6, 6.07) is 10.7. The van der Waals surface area contributed by atoms with E-state index < -0.39 is 17.7 Å². The second-order valence-electron chi connectivity index (χ2n) is 8.67. The lowest BCUT2D eigenvalue weighted by Crippen LogP contribution is -2.04. The van der Waals surface area contributed by atoms with Crippen LogP contribution in [0.4, 0.5) is 13.2 Å². The third-order valence-corrected chi connectivity index (χ3v) is 6.90. The molecule has 0 saturated carbocycles. The summed E-state index contributed by atoms with van der Waals surface area (Å²) in [4.78, 5) is 16.9. The highest BCUT2D eigenvalue weighted by Gasteiger charge is 2.30. The predicted molar refractivity (Wildman–Crippen MR) is 130 cm³/mol. The summed E-state index contributed by atoms with van der Waals surface area (Å²) in [5, 5.41) is 10.7. The van der Waals surface area contributed by atoms with Crippen molar-refractivity contribution in [2.75, 3.05) is 6.61 Å². The number of fused-ring (bicyclic) bond motifs is 1. The van der Waals surface area contributed by atoms with Crippen LogP contribution in [0.2, 0.25) is 0 Å². The Kier molecular flexibility index (Phi) is 6.89. The zero-order chi connectivity index (χ0) is 25.3. The highest BCUT2D eigenvalue weighted by Crippen LogP contribution is 2.35. The molecule has 0 spiro atoms. The van der Waals surface area contributed by atoms with E-state index in [1.165, 1.54) is 23.5 Å². The molecule has 0 aliphatic rings. The van der Waals surface area contributed by atoms with Gasteiger partial charge in [0.1, 0.15) is 10.8 Å². The number of carbonyl (C=O) groups is 1. The number of thiazole rings is 1. The van der Waals surface area contributed by atoms with Gasteiger partial charge in [-0.05, 0) is 35.7 Å². The molecule has 0 atom stereocenters. The number of nitrogens with zero attached hydrogens (tertiary/aromatic N) is 2. The molecule has 5 nitrogen and oxygen atoms in total. The number of benzene rings is 2. The summed E-state index contributed by atoms with van der Waals surface area (Å²) in [5.41, 5.74) is 2.54. The fraction of sp³-hybridized carbons (Fsp3) is 0.308. The van der Waals surface area contributed by atoms with Crippen molar-refractivity contribution in [3.05, 3.63) is 70.4 Å². The maximum atomic E-state index is 12.9. The summed E-state index contributed by atoms with van der Waals surface area (Å²) < 4.78 is 46.5. The van der Waals surface area contributed by atoms with Crippen molar-refractivity contribution in [3.8, 4) is 16.3 Å². The lowest BCUT2D eigenvalue weighted by Gasteiger charge is -2.08. The van der Waals surface area contributed by atoms with Gasteiger partial charge in [-0.1, -0.05) is 26.0 Å². The standard InChI is InChI=1S/C26H25F3N2O3S/c1-15(2)24-22(35-25(30-24)16-4-6-18(7-5-16)26(27,28)29)10-11-34-19-8-9-20-17(12-23(32)33)14-31(3)21(20)13-19/h4-9,13-15H,10-12H2,1-3H3,(H,32,33). The molecule has 0 unspecified atom stereocenters. The first-order valence-corrected chi connectivity index (χ1v) is 11.9. The van der Waals surface area contributed by atoms with Crippen molar-refractivity contribution in [1.82, 2.24) is 9.55 Å². The van der Waals surface area contributed by atoms with Gasteiger partial charge in [-0.25, -0.2) is 4.98 Å². The first-order valence-electron chi connectivity index (χ1n) is 11.1. The summed E-state index contributed by atoms with van der Waals surface area (Å²) in [5.74, 6) is -0.0324. The molecule has 0 aliphatic heterocycles. The van der Waals surface area contributed by atoms with Crippen LogP contribution in [0.15, 0.2) is 48.7 Å². The molecular weight excluding hydrogens is 477 g/mol. The zero-order valence-electron chi connectivity index (χ0n) is 19.5. The Balaban J connectivity index is 1.49. The van der Waals surface area contributed by atoms with Crippen molar-refractivity contribution in [2.24, 2.45) is 7.05 Å². The molecule has 2 heterocycles. The maximum absolute atomic E-state index is 12.9. The van der Waals surface area contributed by atoms with Crippen molar-refractivity contribution in [1.29, 1.82) is 0 Å². The van der Waals surface area contributed by atoms with Crippen LogP contribution >= 0.6 is 11.3 Å². The van der Waals surface area contributed by atoms with E-state index in [0.29, 0.717) is 29.3 Å². The largest absolute Gasteiger partial charge is 0.493 e. The quantitative estimate of drug-likeness (QED) is 0.291. The fourth-order valence-electron chi connectivity index (χ4n) is 4.02. The normalized spacial score (nSPS) is 12.0. The van der Waals surface area contributed by atoms with E-state index in [2.05, 4.69) is 0 Å². The first-order chi connectivity index (χ1) is 16.5. The molecule has 0 fully saturated rings. The molecule has 9 heteroatoms. The van der Waals surface area contributed by atoms with E-state index in [-0.39, 0.29) is 12.3 Å². The molecule has 0 bridgehead atoms. The van der Waals surface area contributed by atoms with Gasteiger partial charge < -0.3 is 14.4 Å². The van der Waals surface area contributed by atoms with Crippen LogP contribution in [0.1, 0.15) is 41.5 Å². The molecule has 184 valence electrons. The third-order valence-electron chi connectivity index (χ3n) is 5.72. The number of aryl methyl sites for hydroxylation is 1. The van der Waals surface area contributed by atoms with Gasteiger partial charge in [0, 0.05) is 41.6 Å². The number of alkyl halides is 3. The number of carboxylic acid groups (broad SMARTS) is 1. The average Bonchev–Trinajstić information content (AvgIpc) is 3.34. The summed E-state index contributed by atoms with van der Waals surface area (Å²) in [6.45, 7) is 4.48. The highest BCUT2D eigenvalue weighted by molar-refractivity contribution is 7.15. The van der Waals surface area contributed by atoms with Gasteiger partial charge in [0.15, 0.2) is 0 Å². The minimum Gasteiger partial charge on any atom is -0.493 e. The van der Waals surface area contributed by atoms with E-state index in [1.54, 1.807) is 0 Å². The minimum atomic E-state index is -4.37. The van der Waals surface area contributed by atoms with Crippen molar-refractivity contribution in [3.63, 3.8) is 0 Å². The number of hydrogen-bond donors (Lipinski definition) is 1. The molecular formula is C26H25F3N2O3S. The van der Waals surface area contributed by atoms with Gasteiger partial charge in [-0.3, -0.25) is 4.79 Å². The predicted octanol–water partition coefficient (Wildman–Crippen LogP) is 6.69. The van der Waals surface area contributed by atoms with E-state index >= 15 is 0 Å². The zero-order valence-corrected chi connectivity index (χ0v) is 20.3. The van der Waals surface area contributed by atoms with Crippen LogP contribution < -0.4 is 4.74 Å². The molecule has 4 aromatic rings. The number of aliphatic carboxylic acids is 1. The Hall–Kier alpha value is -3.33. The Morgan fingerprint density at radius 2 is 1.89 bits per heavy atom. The summed E-state index contributed by atoms with van der Waals surface area (Å²) in [7, 11) is 1.87. The van der Waals surface area contributed by atoms with Crippen LogP contribution in [-0.2, 0) is 30.9 Å². The van der Waals surface area contributed by atoms with Gasteiger partial charge in [-0.2, -0.15) is 13.2 Å². The summed E-state index contributed by atoms with van der Waals surface area (Å²) in [6.07, 6.45) is -1.98. The fourth-order valence-corrected chi connectivity index (χ4v) is 5.22. The average molecular weight is 503 g/mol. The van der Waals surface area contributed by atoms with Crippen LogP contribution in [0.5, 0.6) is 5.75 Å². The van der Waals surface area contributed by atoms with E-state index in [4.69, 9.17) is 14.8 Å². The molecule has 2 aromatic carbocycles. The number of rotatable bonds is 8. The SMILES string of the molecule is CC(C)c1nc(-c2ccc(C(F)(F)F)cc2)sc1CCOc1ccc2c(CC(=O)O)cn(C)c2c1. The van der Waals surface area contributed by atoms with E-state index in [0.717, 1.165) is 39.2 Å². The maximum Gasteiger partial charge on any atom is 0.416 e. The second-order valence-corrected chi connectivity index (χ2v) is 9.75. The van der Waals surface area contributed by atoms with Gasteiger partial charge in [0.05, 0.1) is 29.8 Å². The number of hydrogen-bond acceptors (Lipinski definition) is 4. The van der Waals surface area contributed by atoms with E-state index in [9.17, 15) is 18.0 Å². The van der Waals surface area contributed by atoms with Crippen LogP contribution in [0, 0.1) is 0 Å². The van der Waals surface area contributed by atoms with Crippen LogP contribution in [0.25, 0.3) is 21.5 Å². The number of carboxylic acids is 1. The number of ether oxygens (including phenoxy) is 1. The Morgan fingerprint density at radius 1 is 1.17 bits per heavy atom. The third kappa shape index (κ3) is 5.51. The van der Waals surface area contributed by atoms with Gasteiger partial charge >= 0.3 is 12.1 Å². The Labute approximate surface area is 204 Å². The molecule has 1 N–H and O–H groups in total. The van der Waals surface area contributed by atoms with Crippen LogP contribution in [0.3, 0.4) is 0 Å². The Morgan fingerprint density at radius 3 is 2.51 bits per heavy atom. The van der Waals surface area contributed by atoms with Gasteiger partial charge in [0.25, 0.3) is 0 Å². The van der Waals surface area contributed by atoms with Crippen molar-refractivity contribution < 1.29 is 27.8 Å². The van der Waals surface area contributed by atoms with Crippen LogP contribution in [-0.4, -0.2) is 27.2 Å². The van der Waals surface area contributed by atoms with Crippen molar-refractivity contribution >= 4 is 28.2 Å². The highest BCUT2D eigenvalue weighted by atomic mass is 32.1. The molecule has 0 radical (unpaired) electrons. The van der Waals surface area contributed by atoms with E-state index in [1.807, 2.05) is 49.9 Å². The monoisotopic (exact) mass is 502 g/mol. The molecule has 4 rings (SSSR count). The van der Waals surface area contributed by atoms with Crippen molar-refractivity contribution in [2.45, 2.75) is 38.8 Å². The Bertz CT molecular complexity index is 1350. The molecule has 0 saturated heterocycles.